The van der Waals surface area contributed by atoms with Crippen LogP contribution in [0.5, 0.6) is 11.5 Å². The zero-order chi connectivity index (χ0) is 10.7. The minimum absolute atomic E-state index is 0.343. The molecular weight excluding hydrogens is 246 g/mol. The molecule has 14 heavy (non-hydrogen) atoms. The fourth-order valence-electron chi connectivity index (χ4n) is 1.26. The Morgan fingerprint density at radius 2 is 1.93 bits per heavy atom. The second-order valence-electron chi connectivity index (χ2n) is 3.30. The predicted molar refractivity (Wildman–Crippen MR) is 59.6 cm³/mol. The maximum Gasteiger partial charge on any atom is 0.151 e. The molecule has 0 aliphatic rings. The van der Waals surface area contributed by atoms with Gasteiger partial charge in [-0.25, -0.2) is 0 Å². The van der Waals surface area contributed by atoms with E-state index in [0.717, 1.165) is 15.8 Å². The second-order valence-corrected chi connectivity index (χ2v) is 4.15. The monoisotopic (exact) mass is 259 g/mol. The van der Waals surface area contributed by atoms with Crippen molar-refractivity contribution in [1.29, 1.82) is 0 Å². The molecule has 3 nitrogen and oxygen atoms in total. The van der Waals surface area contributed by atoms with Crippen LogP contribution in [0.1, 0.15) is 25.3 Å². The van der Waals surface area contributed by atoms with E-state index in [0.29, 0.717) is 11.7 Å². The van der Waals surface area contributed by atoms with Crippen molar-refractivity contribution in [2.24, 2.45) is 5.90 Å². The highest BCUT2D eigenvalue weighted by Gasteiger charge is 2.12. The maximum atomic E-state index is 5.19. The van der Waals surface area contributed by atoms with Crippen LogP contribution in [0.2, 0.25) is 0 Å². The molecule has 0 aromatic heterocycles. The third kappa shape index (κ3) is 2.19. The lowest BCUT2D eigenvalue weighted by molar-refractivity contribution is 0.327. The van der Waals surface area contributed by atoms with Crippen molar-refractivity contribution in [3.63, 3.8) is 0 Å². The molecule has 0 saturated carbocycles. The van der Waals surface area contributed by atoms with Crippen molar-refractivity contribution in [3.05, 3.63) is 22.2 Å². The number of ether oxygens (including phenoxy) is 1. The van der Waals surface area contributed by atoms with E-state index < -0.39 is 0 Å². The summed E-state index contributed by atoms with van der Waals surface area (Å²) in [5.41, 5.74) is 1.03. The summed E-state index contributed by atoms with van der Waals surface area (Å²) in [5, 5.41) is 0. The van der Waals surface area contributed by atoms with Crippen molar-refractivity contribution in [2.45, 2.75) is 19.8 Å². The summed E-state index contributed by atoms with van der Waals surface area (Å²) in [7, 11) is 1.63. The number of hydrogen-bond donors (Lipinski definition) is 1. The fraction of sp³-hybridized carbons (Fsp3) is 0.400. The van der Waals surface area contributed by atoms with Crippen molar-refractivity contribution >= 4 is 15.9 Å². The lowest BCUT2D eigenvalue weighted by atomic mass is 10.0. The van der Waals surface area contributed by atoms with Crippen molar-refractivity contribution in [1.82, 2.24) is 0 Å². The molecule has 0 bridgehead atoms. The van der Waals surface area contributed by atoms with E-state index in [9.17, 15) is 0 Å². The summed E-state index contributed by atoms with van der Waals surface area (Å²) in [4.78, 5) is 4.80. The average Bonchev–Trinajstić information content (AvgIpc) is 2.16. The Labute approximate surface area is 92.3 Å². The zero-order valence-electron chi connectivity index (χ0n) is 8.50. The smallest absolute Gasteiger partial charge is 0.151 e. The molecule has 0 aliphatic carbocycles. The first-order chi connectivity index (χ1) is 6.60. The summed E-state index contributed by atoms with van der Waals surface area (Å²) in [6.07, 6.45) is 0. The number of benzene rings is 1. The predicted octanol–water partition coefficient (Wildman–Crippen LogP) is 2.83. The Morgan fingerprint density at radius 1 is 1.29 bits per heavy atom. The zero-order valence-corrected chi connectivity index (χ0v) is 10.1. The first kappa shape index (κ1) is 11.3. The molecule has 0 saturated heterocycles. The van der Waals surface area contributed by atoms with E-state index in [1.54, 1.807) is 7.11 Å². The molecule has 0 amide bonds. The Hall–Kier alpha value is -0.740. The summed E-state index contributed by atoms with van der Waals surface area (Å²) < 4.78 is 6.03. The highest BCUT2D eigenvalue weighted by Crippen LogP contribution is 2.35. The van der Waals surface area contributed by atoms with Gasteiger partial charge >= 0.3 is 0 Å². The SMILES string of the molecule is COc1cc(C(C)C)c(ON)cc1Br. The lowest BCUT2D eigenvalue weighted by Gasteiger charge is -2.13. The first-order valence-corrected chi connectivity index (χ1v) is 5.13. The van der Waals surface area contributed by atoms with Gasteiger partial charge in [0.2, 0.25) is 0 Å². The van der Waals surface area contributed by atoms with Gasteiger partial charge in [0.25, 0.3) is 0 Å². The number of hydrogen-bond acceptors (Lipinski definition) is 3. The molecule has 0 spiro atoms. The van der Waals surface area contributed by atoms with Crippen molar-refractivity contribution in [2.75, 3.05) is 7.11 Å². The highest BCUT2D eigenvalue weighted by molar-refractivity contribution is 9.10. The molecule has 4 heteroatoms. The van der Waals surface area contributed by atoms with Gasteiger partial charge in [-0.3, -0.25) is 0 Å². The minimum atomic E-state index is 0.343. The fourth-order valence-corrected chi connectivity index (χ4v) is 1.74. The van der Waals surface area contributed by atoms with Gasteiger partial charge in [0.05, 0.1) is 11.6 Å². The van der Waals surface area contributed by atoms with Crippen LogP contribution in [0, 0.1) is 0 Å². The van der Waals surface area contributed by atoms with Gasteiger partial charge < -0.3 is 9.57 Å². The maximum absolute atomic E-state index is 5.19. The van der Waals surface area contributed by atoms with Gasteiger partial charge in [-0.15, -0.1) is 0 Å². The number of methoxy groups -OCH3 is 1. The molecule has 1 rings (SSSR count). The van der Waals surface area contributed by atoms with E-state index >= 15 is 0 Å². The van der Waals surface area contributed by atoms with Gasteiger partial charge in [0, 0.05) is 11.6 Å². The van der Waals surface area contributed by atoms with E-state index in [1.165, 1.54) is 0 Å². The summed E-state index contributed by atoms with van der Waals surface area (Å²) in [5.74, 6) is 6.99. The Bertz CT molecular complexity index is 326. The number of rotatable bonds is 3. The molecule has 0 atom stereocenters. The van der Waals surface area contributed by atoms with Crippen LogP contribution in [0.4, 0.5) is 0 Å². The Balaban J connectivity index is 3.25. The lowest BCUT2D eigenvalue weighted by Crippen LogP contribution is -2.06. The van der Waals surface area contributed by atoms with Crippen molar-refractivity contribution in [3.8, 4) is 11.5 Å². The Morgan fingerprint density at radius 3 is 2.36 bits per heavy atom. The molecule has 0 heterocycles. The van der Waals surface area contributed by atoms with Crippen LogP contribution < -0.4 is 15.5 Å². The van der Waals surface area contributed by atoms with Crippen LogP contribution in [0.15, 0.2) is 16.6 Å². The van der Waals surface area contributed by atoms with Crippen LogP contribution in [-0.4, -0.2) is 7.11 Å². The van der Waals surface area contributed by atoms with Crippen LogP contribution in [0.3, 0.4) is 0 Å². The largest absolute Gasteiger partial charge is 0.496 e. The van der Waals surface area contributed by atoms with E-state index in [1.807, 2.05) is 12.1 Å². The quantitative estimate of drug-likeness (QED) is 0.850. The summed E-state index contributed by atoms with van der Waals surface area (Å²) >= 11 is 3.37. The molecule has 1 aromatic carbocycles. The molecule has 0 fully saturated rings. The van der Waals surface area contributed by atoms with E-state index in [2.05, 4.69) is 29.8 Å². The second kappa shape index (κ2) is 4.66. The highest BCUT2D eigenvalue weighted by atomic mass is 79.9. The normalized spacial score (nSPS) is 10.4. The van der Waals surface area contributed by atoms with Gasteiger partial charge in [-0.1, -0.05) is 13.8 Å². The number of nitrogens with two attached hydrogens (primary N) is 1. The van der Waals surface area contributed by atoms with Gasteiger partial charge in [-0.05, 0) is 27.9 Å². The number of halogens is 1. The molecular formula is C10H14BrNO2. The third-order valence-electron chi connectivity index (χ3n) is 2.03. The van der Waals surface area contributed by atoms with Crippen molar-refractivity contribution < 1.29 is 9.57 Å². The third-order valence-corrected chi connectivity index (χ3v) is 2.65. The molecule has 78 valence electrons. The van der Waals surface area contributed by atoms with E-state index in [4.69, 9.17) is 15.5 Å². The molecule has 1 aromatic rings. The minimum Gasteiger partial charge on any atom is -0.496 e. The topological polar surface area (TPSA) is 44.5 Å². The first-order valence-electron chi connectivity index (χ1n) is 4.34. The molecule has 0 radical (unpaired) electrons. The van der Waals surface area contributed by atoms with Crippen LogP contribution in [0.25, 0.3) is 0 Å². The Kier molecular flexibility index (Phi) is 3.77. The van der Waals surface area contributed by atoms with Crippen LogP contribution in [-0.2, 0) is 0 Å². The van der Waals surface area contributed by atoms with Gasteiger partial charge in [0.15, 0.2) is 5.75 Å². The summed E-state index contributed by atoms with van der Waals surface area (Å²) in [6, 6.07) is 3.74. The standard InChI is InChI=1S/C10H14BrNO2/c1-6(2)7-4-10(13-3)8(11)5-9(7)14-12/h4-6H,12H2,1-3H3. The molecule has 0 unspecified atom stereocenters. The molecule has 2 N–H and O–H groups in total. The average molecular weight is 260 g/mol. The van der Waals surface area contributed by atoms with E-state index in [-0.39, 0.29) is 0 Å². The summed E-state index contributed by atoms with van der Waals surface area (Å²) in [6.45, 7) is 4.15. The van der Waals surface area contributed by atoms with Crippen LogP contribution >= 0.6 is 15.9 Å². The van der Waals surface area contributed by atoms with Gasteiger partial charge in [-0.2, -0.15) is 5.90 Å². The van der Waals surface area contributed by atoms with Gasteiger partial charge in [0.1, 0.15) is 5.75 Å². The molecule has 0 aliphatic heterocycles.